The number of hydrogen-bond acceptors (Lipinski definition) is 4. The van der Waals surface area contributed by atoms with Gasteiger partial charge in [-0.15, -0.1) is 0 Å². The fourth-order valence-corrected chi connectivity index (χ4v) is 3.82. The van der Waals surface area contributed by atoms with Gasteiger partial charge in [0.1, 0.15) is 18.1 Å². The van der Waals surface area contributed by atoms with E-state index < -0.39 is 5.91 Å². The van der Waals surface area contributed by atoms with Crippen molar-refractivity contribution < 1.29 is 13.9 Å². The average Bonchev–Trinajstić information content (AvgIpc) is 3.41. The van der Waals surface area contributed by atoms with E-state index in [4.69, 9.17) is 20.8 Å². The van der Waals surface area contributed by atoms with E-state index in [-0.39, 0.29) is 12.4 Å². The fraction of sp³-hybridized carbons (Fsp3) is 0.200. The molecule has 0 radical (unpaired) electrons. The second-order valence-corrected chi connectivity index (χ2v) is 9.11. The number of anilines is 1. The maximum absolute atomic E-state index is 12.6. The van der Waals surface area contributed by atoms with Crippen LogP contribution in [0.3, 0.4) is 0 Å². The van der Waals surface area contributed by atoms with Gasteiger partial charge in [0.25, 0.3) is 5.91 Å². The number of nitrogens with zero attached hydrogens (tertiary/aromatic N) is 2. The number of nitrogens with one attached hydrogen (secondary N) is 1. The highest BCUT2D eigenvalue weighted by atomic mass is 79.9. The number of aromatic nitrogens is 2. The molecule has 0 aliphatic carbocycles. The van der Waals surface area contributed by atoms with Crippen LogP contribution in [0.4, 0.5) is 5.82 Å². The van der Waals surface area contributed by atoms with Gasteiger partial charge in [-0.25, -0.2) is 0 Å². The molecular formula is C25H23BrClN3O3. The summed E-state index contributed by atoms with van der Waals surface area (Å²) in [6.07, 6.45) is 1.78. The van der Waals surface area contributed by atoms with Crippen LogP contribution in [0.2, 0.25) is 5.02 Å². The quantitative estimate of drug-likeness (QED) is 0.270. The van der Waals surface area contributed by atoms with Crippen LogP contribution in [0.25, 0.3) is 0 Å². The summed E-state index contributed by atoms with van der Waals surface area (Å²) < 4.78 is 13.8. The Morgan fingerprint density at radius 2 is 1.91 bits per heavy atom. The van der Waals surface area contributed by atoms with Crippen molar-refractivity contribution in [2.75, 3.05) is 5.32 Å². The number of benzene rings is 2. The van der Waals surface area contributed by atoms with Crippen LogP contribution >= 0.6 is 27.5 Å². The lowest BCUT2D eigenvalue weighted by atomic mass is 10.0. The number of hydrogen-bond donors (Lipinski definition) is 1. The predicted molar refractivity (Wildman–Crippen MR) is 132 cm³/mol. The molecule has 0 aliphatic rings. The van der Waals surface area contributed by atoms with E-state index in [0.717, 1.165) is 11.3 Å². The van der Waals surface area contributed by atoms with Crippen LogP contribution in [0, 0.1) is 0 Å². The molecule has 0 saturated heterocycles. The number of carbonyl (C=O) groups excluding carboxylic acids is 1. The molecule has 0 unspecified atom stereocenters. The second kappa shape index (κ2) is 10.3. The van der Waals surface area contributed by atoms with Crippen LogP contribution in [-0.2, 0) is 13.2 Å². The topological polar surface area (TPSA) is 69.3 Å². The molecule has 4 aromatic rings. The number of carbonyl (C=O) groups is 1. The minimum atomic E-state index is -0.397. The first-order chi connectivity index (χ1) is 15.9. The molecule has 0 saturated carbocycles. The van der Waals surface area contributed by atoms with Crippen LogP contribution in [-0.4, -0.2) is 15.7 Å². The summed E-state index contributed by atoms with van der Waals surface area (Å²) in [5.41, 5.74) is 2.18. The minimum Gasteiger partial charge on any atom is -0.486 e. The van der Waals surface area contributed by atoms with E-state index in [1.165, 1.54) is 5.56 Å². The van der Waals surface area contributed by atoms with E-state index in [1.54, 1.807) is 23.0 Å². The maximum atomic E-state index is 12.6. The summed E-state index contributed by atoms with van der Waals surface area (Å²) >= 11 is 9.66. The molecular weight excluding hydrogens is 506 g/mol. The van der Waals surface area contributed by atoms with Crippen molar-refractivity contribution in [3.05, 3.63) is 99.0 Å². The van der Waals surface area contributed by atoms with Gasteiger partial charge >= 0.3 is 0 Å². The van der Waals surface area contributed by atoms with Gasteiger partial charge in [0, 0.05) is 11.2 Å². The summed E-state index contributed by atoms with van der Waals surface area (Å²) in [5.74, 6) is 1.94. The molecule has 1 N–H and O–H groups in total. The normalized spacial score (nSPS) is 11.1. The molecule has 0 aliphatic heterocycles. The van der Waals surface area contributed by atoms with Gasteiger partial charge < -0.3 is 14.5 Å². The third kappa shape index (κ3) is 5.86. The summed E-state index contributed by atoms with van der Waals surface area (Å²) in [6.45, 7) is 5.00. The standard InChI is InChI=1S/C25H23BrClN3O3/c1-16(2)17-7-9-19(10-8-17)32-15-20-11-12-23(33-20)25(31)28-24-21(26)14-30(29-24)13-18-5-3-4-6-22(18)27/h3-12,14,16H,13,15H2,1-2H3,(H,28,29,31). The van der Waals surface area contributed by atoms with E-state index >= 15 is 0 Å². The Hall–Kier alpha value is -3.03. The van der Waals surface area contributed by atoms with Gasteiger partial charge in [-0.05, 0) is 63.3 Å². The molecule has 0 atom stereocenters. The highest BCUT2D eigenvalue weighted by molar-refractivity contribution is 9.10. The molecule has 2 heterocycles. The van der Waals surface area contributed by atoms with E-state index in [9.17, 15) is 4.79 Å². The van der Waals surface area contributed by atoms with Crippen molar-refractivity contribution in [2.24, 2.45) is 0 Å². The smallest absolute Gasteiger partial charge is 0.292 e. The average molecular weight is 529 g/mol. The maximum Gasteiger partial charge on any atom is 0.292 e. The van der Waals surface area contributed by atoms with Crippen molar-refractivity contribution in [1.29, 1.82) is 0 Å². The lowest BCUT2D eigenvalue weighted by molar-refractivity contribution is 0.0992. The lowest BCUT2D eigenvalue weighted by Gasteiger charge is -2.08. The van der Waals surface area contributed by atoms with Gasteiger partial charge in [0.05, 0.1) is 11.0 Å². The van der Waals surface area contributed by atoms with Crippen LogP contribution in [0.15, 0.2) is 75.8 Å². The largest absolute Gasteiger partial charge is 0.486 e. The third-order valence-electron chi connectivity index (χ3n) is 5.05. The van der Waals surface area contributed by atoms with Gasteiger partial charge in [0.2, 0.25) is 0 Å². The Morgan fingerprint density at radius 3 is 2.64 bits per heavy atom. The van der Waals surface area contributed by atoms with Gasteiger partial charge in [-0.2, -0.15) is 5.10 Å². The van der Waals surface area contributed by atoms with Crippen LogP contribution < -0.4 is 10.1 Å². The molecule has 170 valence electrons. The predicted octanol–water partition coefficient (Wildman–Crippen LogP) is 6.90. The molecule has 2 aromatic heterocycles. The minimum absolute atomic E-state index is 0.177. The van der Waals surface area contributed by atoms with Crippen LogP contribution in [0.5, 0.6) is 5.75 Å². The Morgan fingerprint density at radius 1 is 1.15 bits per heavy atom. The first kappa shape index (κ1) is 23.1. The molecule has 1 amide bonds. The summed E-state index contributed by atoms with van der Waals surface area (Å²) in [4.78, 5) is 12.6. The Labute approximate surface area is 205 Å². The lowest BCUT2D eigenvalue weighted by Crippen LogP contribution is -2.12. The number of ether oxygens (including phenoxy) is 1. The molecule has 0 bridgehead atoms. The molecule has 4 rings (SSSR count). The van der Waals surface area contributed by atoms with E-state index in [2.05, 4.69) is 40.2 Å². The number of rotatable bonds is 8. The molecule has 0 spiro atoms. The van der Waals surface area contributed by atoms with E-state index in [1.807, 2.05) is 48.5 Å². The molecule has 6 nitrogen and oxygen atoms in total. The van der Waals surface area contributed by atoms with Crippen molar-refractivity contribution in [3.63, 3.8) is 0 Å². The second-order valence-electron chi connectivity index (χ2n) is 7.85. The zero-order valence-electron chi connectivity index (χ0n) is 18.2. The molecule has 8 heteroatoms. The first-order valence-electron chi connectivity index (χ1n) is 10.5. The zero-order valence-corrected chi connectivity index (χ0v) is 20.6. The van der Waals surface area contributed by atoms with Crippen molar-refractivity contribution in [1.82, 2.24) is 9.78 Å². The van der Waals surface area contributed by atoms with E-state index in [0.29, 0.717) is 33.5 Å². The van der Waals surface area contributed by atoms with Crippen molar-refractivity contribution in [2.45, 2.75) is 32.9 Å². The third-order valence-corrected chi connectivity index (χ3v) is 6.00. The van der Waals surface area contributed by atoms with Gasteiger partial charge in [-0.1, -0.05) is 55.8 Å². The fourth-order valence-electron chi connectivity index (χ4n) is 3.21. The number of halogens is 2. The highest BCUT2D eigenvalue weighted by Gasteiger charge is 2.16. The summed E-state index contributed by atoms with van der Waals surface area (Å²) in [6, 6.07) is 18.9. The SMILES string of the molecule is CC(C)c1ccc(OCc2ccc(C(=O)Nc3nn(Cc4ccccc4Cl)cc3Br)o2)cc1. The van der Waals surface area contributed by atoms with Gasteiger partial charge in [0.15, 0.2) is 11.6 Å². The van der Waals surface area contributed by atoms with Gasteiger partial charge in [-0.3, -0.25) is 9.48 Å². The first-order valence-corrected chi connectivity index (χ1v) is 11.7. The monoisotopic (exact) mass is 527 g/mol. The summed E-state index contributed by atoms with van der Waals surface area (Å²) in [7, 11) is 0. The van der Waals surface area contributed by atoms with Crippen molar-refractivity contribution >= 4 is 39.3 Å². The zero-order chi connectivity index (χ0) is 23.4. The highest BCUT2D eigenvalue weighted by Crippen LogP contribution is 2.24. The molecule has 0 fully saturated rings. The molecule has 2 aromatic carbocycles. The Balaban J connectivity index is 1.35. The number of furan rings is 1. The number of amides is 1. The van der Waals surface area contributed by atoms with Crippen molar-refractivity contribution in [3.8, 4) is 5.75 Å². The summed E-state index contributed by atoms with van der Waals surface area (Å²) in [5, 5.41) is 7.86. The van der Waals surface area contributed by atoms with Crippen LogP contribution in [0.1, 0.15) is 47.2 Å². The Kier molecular flexibility index (Phi) is 7.20. The molecule has 33 heavy (non-hydrogen) atoms. The Bertz CT molecular complexity index is 1250.